The summed E-state index contributed by atoms with van der Waals surface area (Å²) in [5, 5.41) is 15.1. The van der Waals surface area contributed by atoms with Gasteiger partial charge in [-0.1, -0.05) is 30.3 Å². The fraction of sp³-hybridized carbons (Fsp3) is 0.130. The smallest absolute Gasteiger partial charge is 0.255 e. The van der Waals surface area contributed by atoms with Gasteiger partial charge in [0.15, 0.2) is 0 Å². The fourth-order valence-electron chi connectivity index (χ4n) is 2.64. The first-order valence-corrected chi connectivity index (χ1v) is 9.08. The predicted octanol–water partition coefficient (Wildman–Crippen LogP) is 4.69. The van der Waals surface area contributed by atoms with Crippen molar-refractivity contribution in [2.24, 2.45) is 0 Å². The fourth-order valence-corrected chi connectivity index (χ4v) is 2.64. The Hall–Kier alpha value is -3.78. The maximum Gasteiger partial charge on any atom is 0.255 e. The lowest BCUT2D eigenvalue weighted by Crippen LogP contribution is -2.14. The van der Waals surface area contributed by atoms with Crippen LogP contribution in [0.1, 0.15) is 22.3 Å². The van der Waals surface area contributed by atoms with E-state index < -0.39 is 0 Å². The third-order valence-electron chi connectivity index (χ3n) is 4.10. The van der Waals surface area contributed by atoms with Crippen LogP contribution in [0.5, 0.6) is 5.75 Å². The van der Waals surface area contributed by atoms with Gasteiger partial charge in [0.25, 0.3) is 5.91 Å². The summed E-state index contributed by atoms with van der Waals surface area (Å²) in [5.41, 5.74) is 2.84. The molecule has 0 heterocycles. The van der Waals surface area contributed by atoms with Crippen LogP contribution in [-0.4, -0.2) is 19.1 Å². The second-order valence-electron chi connectivity index (χ2n) is 6.13. The van der Waals surface area contributed by atoms with Crippen molar-refractivity contribution in [1.82, 2.24) is 0 Å². The lowest BCUT2D eigenvalue weighted by Gasteiger charge is -2.13. The molecule has 0 saturated heterocycles. The van der Waals surface area contributed by atoms with E-state index in [0.717, 1.165) is 23.5 Å². The first kappa shape index (κ1) is 19.0. The predicted molar refractivity (Wildman–Crippen MR) is 111 cm³/mol. The first-order valence-electron chi connectivity index (χ1n) is 9.08. The van der Waals surface area contributed by atoms with Gasteiger partial charge in [-0.25, -0.2) is 0 Å². The number of nitriles is 1. The monoisotopic (exact) mass is 371 g/mol. The molecule has 2 N–H and O–H groups in total. The van der Waals surface area contributed by atoms with Crippen LogP contribution in [0.4, 0.5) is 11.4 Å². The van der Waals surface area contributed by atoms with Gasteiger partial charge in [-0.15, -0.1) is 0 Å². The minimum absolute atomic E-state index is 0.140. The zero-order valence-corrected chi connectivity index (χ0v) is 15.4. The van der Waals surface area contributed by atoms with Gasteiger partial charge in [0, 0.05) is 12.1 Å². The van der Waals surface area contributed by atoms with Crippen molar-refractivity contribution in [1.29, 1.82) is 5.26 Å². The molecule has 0 fully saturated rings. The van der Waals surface area contributed by atoms with E-state index in [4.69, 9.17) is 10.00 Å². The summed E-state index contributed by atoms with van der Waals surface area (Å²) in [4.78, 5) is 12.4. The van der Waals surface area contributed by atoms with Crippen LogP contribution >= 0.6 is 0 Å². The molecule has 3 aromatic rings. The Labute approximate surface area is 164 Å². The Morgan fingerprint density at radius 3 is 2.29 bits per heavy atom. The highest BCUT2D eigenvalue weighted by Gasteiger charge is 2.08. The SMILES string of the molecule is N#Cc1ccc(OCCCNc2ccccc2NC(=O)c2ccccc2)cc1. The number of benzene rings is 3. The standard InChI is InChI=1S/C23H21N3O2/c24-17-18-11-13-20(14-12-18)28-16-6-15-25-21-9-4-5-10-22(21)26-23(27)19-7-2-1-3-8-19/h1-5,7-14,25H,6,15-16H2,(H,26,27). The molecule has 0 unspecified atom stereocenters. The van der Waals surface area contributed by atoms with Crippen LogP contribution < -0.4 is 15.4 Å². The average Bonchev–Trinajstić information content (AvgIpc) is 2.75. The van der Waals surface area contributed by atoms with Crippen LogP contribution in [0, 0.1) is 11.3 Å². The third-order valence-corrected chi connectivity index (χ3v) is 4.10. The lowest BCUT2D eigenvalue weighted by molar-refractivity contribution is 0.102. The molecular formula is C23H21N3O2. The zero-order valence-electron chi connectivity index (χ0n) is 15.4. The summed E-state index contributed by atoms with van der Waals surface area (Å²) in [5.74, 6) is 0.605. The lowest BCUT2D eigenvalue weighted by atomic mass is 10.2. The highest BCUT2D eigenvalue weighted by atomic mass is 16.5. The molecular weight excluding hydrogens is 350 g/mol. The Bertz CT molecular complexity index is 948. The number of carbonyl (C=O) groups is 1. The largest absolute Gasteiger partial charge is 0.494 e. The summed E-state index contributed by atoms with van der Waals surface area (Å²) in [7, 11) is 0. The molecule has 5 heteroatoms. The number of rotatable bonds is 8. The molecule has 140 valence electrons. The number of amides is 1. The van der Waals surface area contributed by atoms with Crippen molar-refractivity contribution in [3.05, 3.63) is 90.0 Å². The number of hydrogen-bond donors (Lipinski definition) is 2. The molecule has 0 aliphatic rings. The maximum atomic E-state index is 12.4. The number of hydrogen-bond acceptors (Lipinski definition) is 4. The molecule has 1 amide bonds. The molecule has 0 saturated carbocycles. The molecule has 0 aliphatic heterocycles. The Kier molecular flexibility index (Phi) is 6.64. The molecule has 0 bridgehead atoms. The van der Waals surface area contributed by atoms with Gasteiger partial charge in [-0.2, -0.15) is 5.26 Å². The van der Waals surface area contributed by atoms with Gasteiger partial charge in [0.2, 0.25) is 0 Å². The van der Waals surface area contributed by atoms with Crippen LogP contribution in [0.3, 0.4) is 0 Å². The van der Waals surface area contributed by atoms with Crippen molar-refractivity contribution in [3.8, 4) is 11.8 Å². The van der Waals surface area contributed by atoms with E-state index in [1.165, 1.54) is 0 Å². The number of nitrogens with one attached hydrogen (secondary N) is 2. The van der Waals surface area contributed by atoms with E-state index in [2.05, 4.69) is 16.7 Å². The normalized spacial score (nSPS) is 9.96. The van der Waals surface area contributed by atoms with Crippen LogP contribution in [-0.2, 0) is 0 Å². The molecule has 28 heavy (non-hydrogen) atoms. The minimum atomic E-state index is -0.140. The maximum absolute atomic E-state index is 12.4. The number of nitrogens with zero attached hydrogens (tertiary/aromatic N) is 1. The average molecular weight is 371 g/mol. The first-order chi connectivity index (χ1) is 13.8. The summed E-state index contributed by atoms with van der Waals surface area (Å²) in [6.07, 6.45) is 0.793. The number of anilines is 2. The van der Waals surface area contributed by atoms with Gasteiger partial charge in [-0.05, 0) is 55.0 Å². The molecule has 3 aromatic carbocycles. The summed E-state index contributed by atoms with van der Waals surface area (Å²) < 4.78 is 5.68. The van der Waals surface area contributed by atoms with Crippen LogP contribution in [0.15, 0.2) is 78.9 Å². The quantitative estimate of drug-likeness (QED) is 0.563. The van der Waals surface area contributed by atoms with Gasteiger partial charge in [0.1, 0.15) is 5.75 Å². The summed E-state index contributed by atoms with van der Waals surface area (Å²) >= 11 is 0. The molecule has 0 aromatic heterocycles. The van der Waals surface area contributed by atoms with Crippen LogP contribution in [0.25, 0.3) is 0 Å². The molecule has 5 nitrogen and oxygen atoms in total. The summed E-state index contributed by atoms with van der Waals surface area (Å²) in [6.45, 7) is 1.26. The van der Waals surface area contributed by atoms with Crippen molar-refractivity contribution >= 4 is 17.3 Å². The van der Waals surface area contributed by atoms with Crippen LogP contribution in [0.2, 0.25) is 0 Å². The zero-order chi connectivity index (χ0) is 19.6. The molecule has 0 radical (unpaired) electrons. The second kappa shape index (κ2) is 9.79. The van der Waals surface area contributed by atoms with E-state index in [9.17, 15) is 4.79 Å². The van der Waals surface area contributed by atoms with Gasteiger partial charge < -0.3 is 15.4 Å². The van der Waals surface area contributed by atoms with E-state index in [1.54, 1.807) is 36.4 Å². The highest BCUT2D eigenvalue weighted by Crippen LogP contribution is 2.21. The molecule has 0 spiro atoms. The van der Waals surface area contributed by atoms with Gasteiger partial charge in [-0.3, -0.25) is 4.79 Å². The van der Waals surface area contributed by atoms with Gasteiger partial charge >= 0.3 is 0 Å². The van der Waals surface area contributed by atoms with Gasteiger partial charge in [0.05, 0.1) is 29.6 Å². The Morgan fingerprint density at radius 2 is 1.57 bits per heavy atom. The third kappa shape index (κ3) is 5.36. The van der Waals surface area contributed by atoms with E-state index >= 15 is 0 Å². The summed E-state index contributed by atoms with van der Waals surface area (Å²) in [6, 6.07) is 25.9. The van der Waals surface area contributed by atoms with Crippen molar-refractivity contribution in [3.63, 3.8) is 0 Å². The van der Waals surface area contributed by atoms with E-state index in [0.29, 0.717) is 24.3 Å². The van der Waals surface area contributed by atoms with Crippen molar-refractivity contribution in [2.75, 3.05) is 23.8 Å². The number of carbonyl (C=O) groups excluding carboxylic acids is 1. The Morgan fingerprint density at radius 1 is 0.893 bits per heavy atom. The van der Waals surface area contributed by atoms with E-state index in [-0.39, 0.29) is 5.91 Å². The highest BCUT2D eigenvalue weighted by molar-refractivity contribution is 6.05. The molecule has 3 rings (SSSR count). The minimum Gasteiger partial charge on any atom is -0.494 e. The second-order valence-corrected chi connectivity index (χ2v) is 6.13. The molecule has 0 aliphatic carbocycles. The number of para-hydroxylation sites is 2. The Balaban J connectivity index is 1.48. The van der Waals surface area contributed by atoms with Crippen molar-refractivity contribution < 1.29 is 9.53 Å². The topological polar surface area (TPSA) is 74.2 Å². The van der Waals surface area contributed by atoms with Crippen molar-refractivity contribution in [2.45, 2.75) is 6.42 Å². The van der Waals surface area contributed by atoms with E-state index in [1.807, 2.05) is 42.5 Å². The number of ether oxygens (including phenoxy) is 1. The molecule has 0 atom stereocenters.